The highest BCUT2D eigenvalue weighted by atomic mass is 16.7. The molecule has 0 atom stereocenters. The number of benzene rings is 1. The quantitative estimate of drug-likeness (QED) is 0.622. The van der Waals surface area contributed by atoms with Crippen molar-refractivity contribution in [2.24, 2.45) is 0 Å². The molecule has 0 unspecified atom stereocenters. The molecule has 3 heterocycles. The van der Waals surface area contributed by atoms with Crippen molar-refractivity contribution in [3.05, 3.63) is 48.8 Å². The molecule has 0 fully saturated rings. The third kappa shape index (κ3) is 3.50. The van der Waals surface area contributed by atoms with Crippen LogP contribution in [0.15, 0.2) is 48.8 Å². The van der Waals surface area contributed by atoms with E-state index < -0.39 is 0 Å². The lowest BCUT2D eigenvalue weighted by Gasteiger charge is -2.11. The number of pyridine rings is 1. The number of aliphatic hydroxyl groups is 1. The molecule has 1 aliphatic rings. The van der Waals surface area contributed by atoms with Gasteiger partial charge in [0.05, 0.1) is 12.3 Å². The Bertz CT molecular complexity index is 905. The van der Waals surface area contributed by atoms with Crippen molar-refractivity contribution in [1.82, 2.24) is 15.0 Å². The average molecular weight is 351 g/mol. The Morgan fingerprint density at radius 1 is 1.00 bits per heavy atom. The van der Waals surface area contributed by atoms with E-state index >= 15 is 0 Å². The lowest BCUT2D eigenvalue weighted by Crippen LogP contribution is -2.10. The second-order valence-corrected chi connectivity index (χ2v) is 5.54. The maximum absolute atomic E-state index is 9.04. The van der Waals surface area contributed by atoms with Gasteiger partial charge in [-0.2, -0.15) is 4.98 Å². The van der Waals surface area contributed by atoms with Crippen molar-refractivity contribution < 1.29 is 14.6 Å². The maximum Gasteiger partial charge on any atom is 0.231 e. The van der Waals surface area contributed by atoms with Crippen molar-refractivity contribution in [1.29, 1.82) is 0 Å². The number of rotatable bonds is 6. The highest BCUT2D eigenvalue weighted by Gasteiger charge is 2.14. The summed E-state index contributed by atoms with van der Waals surface area (Å²) >= 11 is 0. The number of anilines is 3. The molecule has 2 aromatic heterocycles. The first-order valence-corrected chi connectivity index (χ1v) is 8.13. The molecule has 3 aromatic rings. The van der Waals surface area contributed by atoms with Gasteiger partial charge in [-0.15, -0.1) is 0 Å². The van der Waals surface area contributed by atoms with E-state index in [1.807, 2.05) is 36.4 Å². The summed E-state index contributed by atoms with van der Waals surface area (Å²) < 4.78 is 10.7. The van der Waals surface area contributed by atoms with Crippen molar-refractivity contribution in [2.75, 3.05) is 30.6 Å². The molecule has 8 heteroatoms. The Balaban J connectivity index is 1.65. The van der Waals surface area contributed by atoms with E-state index in [4.69, 9.17) is 14.6 Å². The lowest BCUT2D eigenvalue weighted by molar-refractivity contribution is 0.174. The van der Waals surface area contributed by atoms with Crippen LogP contribution in [0.2, 0.25) is 0 Å². The first-order chi connectivity index (χ1) is 12.8. The molecule has 3 N–H and O–H groups in total. The van der Waals surface area contributed by atoms with E-state index in [0.717, 1.165) is 22.7 Å². The molecule has 26 heavy (non-hydrogen) atoms. The standard InChI is InChI=1S/C18H17N5O3/c24-8-7-20-18-22-14(12-3-5-19-6-4-12)10-17(23-18)21-13-1-2-15-16(9-13)26-11-25-15/h1-6,9-10,24H,7-8,11H2,(H2,20,21,22,23). The van der Waals surface area contributed by atoms with Crippen LogP contribution in [0, 0.1) is 0 Å². The molecule has 1 aliphatic heterocycles. The molecule has 8 nitrogen and oxygen atoms in total. The van der Waals surface area contributed by atoms with Gasteiger partial charge in [-0.1, -0.05) is 0 Å². The molecule has 0 aliphatic carbocycles. The summed E-state index contributed by atoms with van der Waals surface area (Å²) in [6.45, 7) is 0.588. The van der Waals surface area contributed by atoms with E-state index in [9.17, 15) is 0 Å². The van der Waals surface area contributed by atoms with Crippen molar-refractivity contribution in [3.8, 4) is 22.8 Å². The van der Waals surface area contributed by atoms with Crippen LogP contribution < -0.4 is 20.1 Å². The zero-order valence-electron chi connectivity index (χ0n) is 13.8. The summed E-state index contributed by atoms with van der Waals surface area (Å²) in [7, 11) is 0. The van der Waals surface area contributed by atoms with Crippen LogP contribution in [0.25, 0.3) is 11.3 Å². The Hall–Kier alpha value is -3.39. The van der Waals surface area contributed by atoms with Crippen LogP contribution >= 0.6 is 0 Å². The first kappa shape index (κ1) is 16.1. The molecule has 4 rings (SSSR count). The fourth-order valence-corrected chi connectivity index (χ4v) is 2.55. The SMILES string of the molecule is OCCNc1nc(Nc2ccc3c(c2)OCO3)cc(-c2ccncc2)n1. The van der Waals surface area contributed by atoms with Crippen molar-refractivity contribution in [2.45, 2.75) is 0 Å². The second kappa shape index (κ2) is 7.24. The fraction of sp³-hybridized carbons (Fsp3) is 0.167. The fourth-order valence-electron chi connectivity index (χ4n) is 2.55. The van der Waals surface area contributed by atoms with Gasteiger partial charge in [0.15, 0.2) is 11.5 Å². The van der Waals surface area contributed by atoms with Crippen molar-refractivity contribution >= 4 is 17.5 Å². The monoisotopic (exact) mass is 351 g/mol. The van der Waals surface area contributed by atoms with Gasteiger partial charge < -0.3 is 25.2 Å². The molecular weight excluding hydrogens is 334 g/mol. The third-order valence-electron chi connectivity index (χ3n) is 3.74. The predicted molar refractivity (Wildman–Crippen MR) is 96.7 cm³/mol. The van der Waals surface area contributed by atoms with Gasteiger partial charge in [0.2, 0.25) is 12.7 Å². The van der Waals surface area contributed by atoms with E-state index in [1.165, 1.54) is 0 Å². The third-order valence-corrected chi connectivity index (χ3v) is 3.74. The summed E-state index contributed by atoms with van der Waals surface area (Å²) in [5.74, 6) is 2.46. The second-order valence-electron chi connectivity index (χ2n) is 5.54. The van der Waals surface area contributed by atoms with E-state index in [0.29, 0.717) is 24.1 Å². The minimum Gasteiger partial charge on any atom is -0.454 e. The van der Waals surface area contributed by atoms with Crippen LogP contribution in [0.4, 0.5) is 17.5 Å². The number of nitrogens with one attached hydrogen (secondary N) is 2. The van der Waals surface area contributed by atoms with Gasteiger partial charge in [-0.05, 0) is 24.3 Å². The molecule has 0 saturated carbocycles. The molecular formula is C18H17N5O3. The number of hydrogen-bond acceptors (Lipinski definition) is 8. The zero-order chi connectivity index (χ0) is 17.8. The zero-order valence-corrected chi connectivity index (χ0v) is 13.8. The predicted octanol–water partition coefficient (Wildman–Crippen LogP) is 2.42. The molecule has 1 aromatic carbocycles. The van der Waals surface area contributed by atoms with Gasteiger partial charge in [0.1, 0.15) is 5.82 Å². The number of fused-ring (bicyclic) bond motifs is 1. The summed E-state index contributed by atoms with van der Waals surface area (Å²) in [6, 6.07) is 11.2. The smallest absolute Gasteiger partial charge is 0.231 e. The summed E-state index contributed by atoms with van der Waals surface area (Å²) in [5, 5.41) is 15.3. The van der Waals surface area contributed by atoms with Crippen LogP contribution in [0.5, 0.6) is 11.5 Å². The molecule has 132 valence electrons. The lowest BCUT2D eigenvalue weighted by atomic mass is 10.2. The summed E-state index contributed by atoms with van der Waals surface area (Å²) in [4.78, 5) is 13.0. The van der Waals surface area contributed by atoms with Gasteiger partial charge >= 0.3 is 0 Å². The van der Waals surface area contributed by atoms with E-state index in [2.05, 4.69) is 25.6 Å². The van der Waals surface area contributed by atoms with Crippen LogP contribution in [-0.2, 0) is 0 Å². The number of aromatic nitrogens is 3. The highest BCUT2D eigenvalue weighted by Crippen LogP contribution is 2.35. The van der Waals surface area contributed by atoms with Crippen molar-refractivity contribution in [3.63, 3.8) is 0 Å². The van der Waals surface area contributed by atoms with Gasteiger partial charge in [0.25, 0.3) is 0 Å². The normalized spacial score (nSPS) is 12.0. The number of aliphatic hydroxyl groups excluding tert-OH is 1. The summed E-state index contributed by atoms with van der Waals surface area (Å²) in [6.07, 6.45) is 3.42. The topological polar surface area (TPSA) is 101 Å². The van der Waals surface area contributed by atoms with E-state index in [1.54, 1.807) is 12.4 Å². The number of hydrogen-bond donors (Lipinski definition) is 3. The van der Waals surface area contributed by atoms with Gasteiger partial charge in [-0.3, -0.25) is 4.98 Å². The van der Waals surface area contributed by atoms with E-state index in [-0.39, 0.29) is 13.4 Å². The average Bonchev–Trinajstić information content (AvgIpc) is 3.15. The molecule has 0 amide bonds. The van der Waals surface area contributed by atoms with Gasteiger partial charge in [0, 0.05) is 42.3 Å². The molecule has 0 spiro atoms. The van der Waals surface area contributed by atoms with Crippen LogP contribution in [0.3, 0.4) is 0 Å². The highest BCUT2D eigenvalue weighted by molar-refractivity contribution is 5.68. The number of nitrogens with zero attached hydrogens (tertiary/aromatic N) is 3. The Labute approximate surface area is 149 Å². The minimum absolute atomic E-state index is 0.00618. The Morgan fingerprint density at radius 2 is 1.85 bits per heavy atom. The minimum atomic E-state index is -0.00618. The first-order valence-electron chi connectivity index (χ1n) is 8.13. The molecule has 0 saturated heterocycles. The Morgan fingerprint density at radius 3 is 2.69 bits per heavy atom. The maximum atomic E-state index is 9.04. The number of ether oxygens (including phenoxy) is 2. The van der Waals surface area contributed by atoms with Gasteiger partial charge in [-0.25, -0.2) is 4.98 Å². The largest absolute Gasteiger partial charge is 0.454 e. The molecule has 0 radical (unpaired) electrons. The Kier molecular flexibility index (Phi) is 4.48. The molecule has 0 bridgehead atoms. The van der Waals surface area contributed by atoms with Crippen LogP contribution in [-0.4, -0.2) is 40.0 Å². The summed E-state index contributed by atoms with van der Waals surface area (Å²) in [5.41, 5.74) is 2.48. The van der Waals surface area contributed by atoms with Crippen LogP contribution in [0.1, 0.15) is 0 Å².